The quantitative estimate of drug-likeness (QED) is 0.0856. The third kappa shape index (κ3) is 18.4. The number of carbonyl (C=O) groups is 9. The van der Waals surface area contributed by atoms with Gasteiger partial charge in [-0.25, -0.2) is 9.59 Å². The Morgan fingerprint density at radius 3 is 2.17 bits per heavy atom. The summed E-state index contributed by atoms with van der Waals surface area (Å²) >= 11 is 0. The van der Waals surface area contributed by atoms with Gasteiger partial charge in [-0.15, -0.1) is 5.06 Å². The summed E-state index contributed by atoms with van der Waals surface area (Å²) in [6.45, 7) is 12.3. The number of carbonyl (C=O) groups excluding carboxylic acids is 9. The van der Waals surface area contributed by atoms with Crippen LogP contribution >= 0.6 is 0 Å². The second kappa shape index (κ2) is 32.1. The molecule has 1 aliphatic carbocycles. The predicted molar refractivity (Wildman–Crippen MR) is 296 cm³/mol. The number of imide groups is 1. The van der Waals surface area contributed by atoms with Gasteiger partial charge in [0.1, 0.15) is 17.9 Å². The number of cyclic esters (lactones) is 1. The number of hydrogen-bond donors (Lipinski definition) is 2. The van der Waals surface area contributed by atoms with Crippen molar-refractivity contribution in [1.82, 2.24) is 9.96 Å². The second-order valence-electron chi connectivity index (χ2n) is 23.2. The number of hydrogen-bond acceptors (Lipinski definition) is 19. The number of esters is 2. The van der Waals surface area contributed by atoms with E-state index in [1.807, 2.05) is 51.2 Å². The van der Waals surface area contributed by atoms with E-state index >= 15 is 0 Å². The van der Waals surface area contributed by atoms with Crippen LogP contribution in [0.2, 0.25) is 0 Å². The van der Waals surface area contributed by atoms with Crippen molar-refractivity contribution < 1.29 is 91.4 Å². The van der Waals surface area contributed by atoms with Gasteiger partial charge in [0.05, 0.1) is 50.5 Å². The standard InChI is InChI=1S/C61H90N2O19/c1-36-16-12-11-13-17-37(2)48(75-8)34-44-21-19-42(7)61(74,81-44)58(71)59(72)62-27-15-14-18-45(62)60(73)79-49(39(4)32-43-20-22-47(78-29-28-64)50(33-43)76-9)35-46(65)38(3)31-41(6)56(57(77-10)55(70)40(5)30-36)80-53(68)25-26-54(69)82-63-51(66)23-24-52(63)67/h11-13,16-17,31,36,38-40,42-45,47-50,56-57,64,74H,14-15,18-30,32-35H2,1-10H3/b13-11+,16-12+,37-17+,41-31+/t36-,38-,39-,40-,42-,43+,44+,45+,47-,48+,49+,50-,56-,57+,61-/m1/s1. The number of methoxy groups -OCH3 is 3. The summed E-state index contributed by atoms with van der Waals surface area (Å²) in [5, 5.41) is 21.9. The fourth-order valence-corrected chi connectivity index (χ4v) is 11.8. The Bertz CT molecular complexity index is 2370. The van der Waals surface area contributed by atoms with Crippen LogP contribution in [0.15, 0.2) is 47.6 Å². The Labute approximate surface area is 482 Å². The summed E-state index contributed by atoms with van der Waals surface area (Å²) in [6, 6.07) is -1.23. The maximum Gasteiger partial charge on any atom is 0.333 e. The molecule has 0 radical (unpaired) electrons. The molecule has 458 valence electrons. The molecule has 0 aromatic rings. The molecular weight excluding hydrogens is 1060 g/mol. The molecule has 21 heteroatoms. The van der Waals surface area contributed by atoms with Gasteiger partial charge < -0.3 is 53.1 Å². The molecule has 82 heavy (non-hydrogen) atoms. The normalized spacial score (nSPS) is 35.4. The number of hydroxylamine groups is 2. The summed E-state index contributed by atoms with van der Waals surface area (Å²) < 4.78 is 41.9. The summed E-state index contributed by atoms with van der Waals surface area (Å²) in [4.78, 5) is 129. The highest BCUT2D eigenvalue weighted by molar-refractivity contribution is 6.39. The summed E-state index contributed by atoms with van der Waals surface area (Å²) in [5.74, 6) is -12.6. The lowest BCUT2D eigenvalue weighted by molar-refractivity contribution is -0.265. The van der Waals surface area contributed by atoms with E-state index in [1.54, 1.807) is 48.0 Å². The Kier molecular flexibility index (Phi) is 26.4. The zero-order valence-electron chi connectivity index (χ0n) is 49.7. The molecule has 21 nitrogen and oxygen atoms in total. The molecule has 0 aromatic carbocycles. The number of ether oxygens (including phenoxy) is 7. The maximum atomic E-state index is 14.7. The van der Waals surface area contributed by atoms with Crippen LogP contribution in [0.4, 0.5) is 0 Å². The van der Waals surface area contributed by atoms with Gasteiger partial charge >= 0.3 is 17.9 Å². The zero-order valence-corrected chi connectivity index (χ0v) is 49.7. The molecular formula is C61H90N2O19. The zero-order chi connectivity index (χ0) is 60.4. The van der Waals surface area contributed by atoms with Crippen LogP contribution in [0.3, 0.4) is 0 Å². The minimum Gasteiger partial charge on any atom is -0.460 e. The largest absolute Gasteiger partial charge is 0.460 e. The average Bonchev–Trinajstić information content (AvgIpc) is 2.92. The molecule has 2 bridgehead atoms. The topological polar surface area (TPSA) is 274 Å². The number of fused-ring (bicyclic) bond motifs is 3. The van der Waals surface area contributed by atoms with E-state index in [1.165, 1.54) is 7.11 Å². The predicted octanol–water partition coefficient (Wildman–Crippen LogP) is 6.14. The maximum absolute atomic E-state index is 14.7. The van der Waals surface area contributed by atoms with E-state index in [2.05, 4.69) is 0 Å². The molecule has 5 rings (SSSR count). The second-order valence-corrected chi connectivity index (χ2v) is 23.2. The van der Waals surface area contributed by atoms with Crippen molar-refractivity contribution in [3.63, 3.8) is 0 Å². The lowest BCUT2D eigenvalue weighted by Gasteiger charge is -2.42. The van der Waals surface area contributed by atoms with Crippen molar-refractivity contribution in [3.8, 4) is 0 Å². The number of aliphatic hydroxyl groups excluding tert-OH is 1. The summed E-state index contributed by atoms with van der Waals surface area (Å²) in [6.07, 6.45) is 8.70. The number of piperidine rings is 1. The van der Waals surface area contributed by atoms with Crippen LogP contribution in [0.5, 0.6) is 0 Å². The first-order valence-corrected chi connectivity index (χ1v) is 29.3. The smallest absolute Gasteiger partial charge is 0.333 e. The van der Waals surface area contributed by atoms with Gasteiger partial charge in [-0.3, -0.25) is 33.6 Å². The highest BCUT2D eigenvalue weighted by Gasteiger charge is 2.53. The van der Waals surface area contributed by atoms with Crippen LogP contribution in [-0.4, -0.2) is 169 Å². The first kappa shape index (κ1) is 67.5. The van der Waals surface area contributed by atoms with Gasteiger partial charge in [0.15, 0.2) is 18.0 Å². The minimum absolute atomic E-state index is 0.0238. The van der Waals surface area contributed by atoms with Crippen LogP contribution in [0.1, 0.15) is 151 Å². The van der Waals surface area contributed by atoms with Gasteiger partial charge in [-0.1, -0.05) is 71.1 Å². The first-order chi connectivity index (χ1) is 39.0. The summed E-state index contributed by atoms with van der Waals surface area (Å²) in [7, 11) is 4.44. The number of aliphatic hydroxyl groups is 2. The number of nitrogens with zero attached hydrogens (tertiary/aromatic N) is 2. The van der Waals surface area contributed by atoms with Crippen molar-refractivity contribution in [3.05, 3.63) is 47.6 Å². The lowest BCUT2D eigenvalue weighted by atomic mass is 9.78. The molecule has 4 aliphatic heterocycles. The van der Waals surface area contributed by atoms with Gasteiger partial charge in [-0.2, -0.15) is 0 Å². The van der Waals surface area contributed by atoms with E-state index in [4.69, 9.17) is 38.0 Å². The van der Waals surface area contributed by atoms with Crippen molar-refractivity contribution in [2.75, 3.05) is 41.1 Å². The monoisotopic (exact) mass is 1150 g/mol. The molecule has 3 saturated heterocycles. The van der Waals surface area contributed by atoms with Crippen molar-refractivity contribution in [1.29, 1.82) is 0 Å². The van der Waals surface area contributed by atoms with E-state index in [-0.39, 0.29) is 87.3 Å². The molecule has 4 fully saturated rings. The Morgan fingerprint density at radius 1 is 0.793 bits per heavy atom. The van der Waals surface area contributed by atoms with Gasteiger partial charge in [0, 0.05) is 71.3 Å². The van der Waals surface area contributed by atoms with Gasteiger partial charge in [0.2, 0.25) is 5.79 Å². The lowest BCUT2D eigenvalue weighted by Crippen LogP contribution is -2.61. The molecule has 15 atom stereocenters. The molecule has 1 saturated carbocycles. The van der Waals surface area contributed by atoms with Crippen molar-refractivity contribution >= 4 is 53.0 Å². The van der Waals surface area contributed by atoms with E-state index in [0.717, 1.165) is 16.9 Å². The number of Topliss-reactive ketones (excluding diaryl/α,β-unsaturated/α-hetero) is 3. The van der Waals surface area contributed by atoms with E-state index in [0.29, 0.717) is 56.4 Å². The van der Waals surface area contributed by atoms with E-state index < -0.39 is 126 Å². The van der Waals surface area contributed by atoms with Crippen LogP contribution < -0.4 is 0 Å². The van der Waals surface area contributed by atoms with Crippen molar-refractivity contribution in [2.45, 2.75) is 206 Å². The third-order valence-corrected chi connectivity index (χ3v) is 16.8. The van der Waals surface area contributed by atoms with E-state index in [9.17, 15) is 53.4 Å². The Hall–Kier alpha value is -5.29. The molecule has 2 N–H and O–H groups in total. The Balaban J connectivity index is 1.51. The summed E-state index contributed by atoms with van der Waals surface area (Å²) in [5.41, 5.74) is 1.08. The van der Waals surface area contributed by atoms with Crippen molar-refractivity contribution in [2.24, 2.45) is 35.5 Å². The van der Waals surface area contributed by atoms with Gasteiger partial charge in [-0.05, 0) is 107 Å². The third-order valence-electron chi connectivity index (χ3n) is 16.8. The fourth-order valence-electron chi connectivity index (χ4n) is 11.8. The SMILES string of the molecule is CO[C@H]1C[C@@H]2CC[C@@H](C)[C@@](O)(O2)C(=O)C(=O)N2CCCC[C@H]2C(=O)O[C@H]([C@H](C)C[C@@H]2CC[C@@H](OCCO)[C@H](OC)C2)CC(=O)[C@H](C)/C=C(\C)[C@@H](OC(=O)CCC(=O)ON2C(=O)CCC2=O)[C@@H](OC)C(=O)[C@H](C)C[C@H](C)/C=C/C=C/C=C/1C. The van der Waals surface area contributed by atoms with Gasteiger partial charge in [0.25, 0.3) is 23.5 Å². The highest BCUT2D eigenvalue weighted by Crippen LogP contribution is 2.38. The molecule has 3 amide bonds. The Morgan fingerprint density at radius 2 is 1.50 bits per heavy atom. The van der Waals surface area contributed by atoms with Crippen LogP contribution in [0.25, 0.3) is 0 Å². The highest BCUT2D eigenvalue weighted by atomic mass is 16.7. The molecule has 0 aromatic heterocycles. The first-order valence-electron chi connectivity index (χ1n) is 29.3. The van der Waals surface area contributed by atoms with Crippen LogP contribution in [-0.2, 0) is 81.1 Å². The number of amides is 3. The number of allylic oxidation sites excluding steroid dienone is 6. The molecule has 0 spiro atoms. The average molecular weight is 1160 g/mol. The number of rotatable bonds is 14. The number of ketones is 3. The molecule has 5 aliphatic rings. The molecule has 0 unspecified atom stereocenters. The fraction of sp³-hybridized carbons (Fsp3) is 0.721. The minimum atomic E-state index is -2.49. The molecule has 4 heterocycles. The van der Waals surface area contributed by atoms with Crippen LogP contribution in [0, 0.1) is 35.5 Å².